The number of benzene rings is 2. The summed E-state index contributed by atoms with van der Waals surface area (Å²) in [6, 6.07) is 18.3. The summed E-state index contributed by atoms with van der Waals surface area (Å²) in [5.74, 6) is -0.849. The Balaban J connectivity index is 1.30. The number of thioether (sulfide) groups is 2. The number of carboxylic acids is 1. The van der Waals surface area contributed by atoms with Crippen molar-refractivity contribution >= 4 is 52.2 Å². The van der Waals surface area contributed by atoms with Gasteiger partial charge in [-0.25, -0.2) is 4.79 Å². The van der Waals surface area contributed by atoms with Crippen molar-refractivity contribution in [2.45, 2.75) is 22.7 Å². The molecule has 3 aromatic rings. The van der Waals surface area contributed by atoms with E-state index >= 15 is 0 Å². The van der Waals surface area contributed by atoms with Crippen LogP contribution in [0.4, 0.5) is 0 Å². The van der Waals surface area contributed by atoms with Gasteiger partial charge in [-0.15, -0.1) is 23.5 Å². The molecule has 0 aliphatic carbocycles. The molecule has 3 heterocycles. The van der Waals surface area contributed by atoms with Crippen LogP contribution < -0.4 is 5.32 Å². The highest BCUT2D eigenvalue weighted by atomic mass is 32.2. The quantitative estimate of drug-likeness (QED) is 0.386. The summed E-state index contributed by atoms with van der Waals surface area (Å²) in [4.78, 5) is 44.2. The first-order chi connectivity index (χ1) is 16.5. The Labute approximate surface area is 204 Å². The van der Waals surface area contributed by atoms with Crippen molar-refractivity contribution < 1.29 is 19.5 Å². The smallest absolute Gasteiger partial charge is 0.352 e. The average molecular weight is 492 g/mol. The maximum Gasteiger partial charge on any atom is 0.352 e. The molecule has 0 radical (unpaired) electrons. The van der Waals surface area contributed by atoms with Gasteiger partial charge in [0.2, 0.25) is 5.91 Å². The Morgan fingerprint density at radius 1 is 1.12 bits per heavy atom. The van der Waals surface area contributed by atoms with E-state index in [9.17, 15) is 19.5 Å². The lowest BCUT2D eigenvalue weighted by molar-refractivity contribution is -0.150. The predicted molar refractivity (Wildman–Crippen MR) is 132 cm³/mol. The zero-order valence-electron chi connectivity index (χ0n) is 18.0. The second-order valence-electron chi connectivity index (χ2n) is 7.99. The molecule has 7 nitrogen and oxygen atoms in total. The molecule has 0 bridgehead atoms. The first kappa shape index (κ1) is 22.5. The van der Waals surface area contributed by atoms with Crippen LogP contribution in [0.5, 0.6) is 0 Å². The predicted octanol–water partition coefficient (Wildman–Crippen LogP) is 3.31. The van der Waals surface area contributed by atoms with Crippen molar-refractivity contribution in [2.24, 2.45) is 0 Å². The van der Waals surface area contributed by atoms with Crippen LogP contribution in [0.1, 0.15) is 5.56 Å². The van der Waals surface area contributed by atoms with Crippen LogP contribution in [0.25, 0.3) is 10.9 Å². The van der Waals surface area contributed by atoms with Crippen molar-refractivity contribution in [3.63, 3.8) is 0 Å². The molecule has 2 N–H and O–H groups in total. The van der Waals surface area contributed by atoms with E-state index in [0.717, 1.165) is 21.4 Å². The normalized spacial score (nSPS) is 19.5. The molecule has 1 aromatic heterocycles. The van der Waals surface area contributed by atoms with E-state index in [0.29, 0.717) is 17.1 Å². The van der Waals surface area contributed by atoms with Crippen LogP contribution in [0, 0.1) is 0 Å². The van der Waals surface area contributed by atoms with Gasteiger partial charge < -0.3 is 10.4 Å². The number of carbonyl (C=O) groups excluding carboxylic acids is 2. The number of pyridine rings is 1. The number of aliphatic carboxylic acids is 1. The van der Waals surface area contributed by atoms with E-state index in [1.807, 2.05) is 60.7 Å². The Kier molecular flexibility index (Phi) is 6.30. The number of β-lactam (4-membered cyclic amide) rings is 1. The maximum atomic E-state index is 12.9. The number of carbonyl (C=O) groups is 3. The number of fused-ring (bicyclic) bond motifs is 2. The molecule has 34 heavy (non-hydrogen) atoms. The Morgan fingerprint density at radius 2 is 1.91 bits per heavy atom. The van der Waals surface area contributed by atoms with Crippen molar-refractivity contribution in [3.05, 3.63) is 83.7 Å². The van der Waals surface area contributed by atoms with Crippen molar-refractivity contribution in [1.82, 2.24) is 15.2 Å². The van der Waals surface area contributed by atoms with Crippen LogP contribution in [0.15, 0.2) is 83.0 Å². The Morgan fingerprint density at radius 3 is 2.71 bits per heavy atom. The van der Waals surface area contributed by atoms with Gasteiger partial charge in [-0.2, -0.15) is 0 Å². The van der Waals surface area contributed by atoms with Gasteiger partial charge >= 0.3 is 5.97 Å². The highest BCUT2D eigenvalue weighted by Gasteiger charge is 2.54. The lowest BCUT2D eigenvalue weighted by Crippen LogP contribution is -2.70. The van der Waals surface area contributed by atoms with E-state index in [1.165, 1.54) is 28.4 Å². The summed E-state index contributed by atoms with van der Waals surface area (Å²) >= 11 is 3.00. The van der Waals surface area contributed by atoms with E-state index in [-0.39, 0.29) is 23.9 Å². The third-order valence-corrected chi connectivity index (χ3v) is 8.24. The number of hydrogen-bond donors (Lipinski definition) is 2. The summed E-state index contributed by atoms with van der Waals surface area (Å²) in [7, 11) is 0. The zero-order valence-corrected chi connectivity index (χ0v) is 19.6. The first-order valence-electron chi connectivity index (χ1n) is 10.7. The molecule has 0 saturated carbocycles. The number of aromatic nitrogens is 1. The minimum atomic E-state index is -1.13. The summed E-state index contributed by atoms with van der Waals surface area (Å²) in [5, 5.41) is 13.3. The number of amides is 2. The van der Waals surface area contributed by atoms with Crippen LogP contribution in [0.3, 0.4) is 0 Å². The fourth-order valence-corrected chi connectivity index (χ4v) is 6.68. The van der Waals surface area contributed by atoms with Crippen molar-refractivity contribution in [3.8, 4) is 0 Å². The van der Waals surface area contributed by atoms with Gasteiger partial charge in [-0.05, 0) is 23.3 Å². The highest BCUT2D eigenvalue weighted by molar-refractivity contribution is 8.01. The van der Waals surface area contributed by atoms with Gasteiger partial charge in [0.15, 0.2) is 0 Å². The van der Waals surface area contributed by atoms with E-state index in [2.05, 4.69) is 10.3 Å². The second-order valence-corrected chi connectivity index (χ2v) is 10.1. The van der Waals surface area contributed by atoms with Gasteiger partial charge in [0.1, 0.15) is 17.1 Å². The highest BCUT2D eigenvalue weighted by Crippen LogP contribution is 2.42. The third kappa shape index (κ3) is 4.28. The average Bonchev–Trinajstić information content (AvgIpc) is 2.85. The lowest BCUT2D eigenvalue weighted by Gasteiger charge is -2.49. The van der Waals surface area contributed by atoms with Gasteiger partial charge in [0.05, 0.1) is 11.9 Å². The van der Waals surface area contributed by atoms with Gasteiger partial charge in [-0.1, -0.05) is 48.5 Å². The number of carboxylic acid groups (broad SMARTS) is 1. The number of nitrogens with one attached hydrogen (secondary N) is 1. The molecule has 172 valence electrons. The molecule has 0 spiro atoms. The Hall–Kier alpha value is -3.30. The van der Waals surface area contributed by atoms with Gasteiger partial charge in [0, 0.05) is 28.0 Å². The summed E-state index contributed by atoms with van der Waals surface area (Å²) in [5.41, 5.74) is 2.44. The second kappa shape index (κ2) is 9.52. The minimum Gasteiger partial charge on any atom is -0.477 e. The lowest BCUT2D eigenvalue weighted by atomic mass is 10.0. The largest absolute Gasteiger partial charge is 0.477 e. The van der Waals surface area contributed by atoms with E-state index < -0.39 is 17.4 Å². The molecule has 1 saturated heterocycles. The van der Waals surface area contributed by atoms with Gasteiger partial charge in [0.25, 0.3) is 5.91 Å². The van der Waals surface area contributed by atoms with Crippen LogP contribution in [-0.2, 0) is 20.8 Å². The molecule has 9 heteroatoms. The third-order valence-electron chi connectivity index (χ3n) is 5.77. The van der Waals surface area contributed by atoms with Gasteiger partial charge in [-0.3, -0.25) is 19.5 Å². The molecule has 1 fully saturated rings. The molecule has 2 unspecified atom stereocenters. The maximum absolute atomic E-state index is 12.9. The zero-order chi connectivity index (χ0) is 23.7. The number of nitrogens with zero attached hydrogens (tertiary/aromatic N) is 2. The van der Waals surface area contributed by atoms with Crippen LogP contribution in [-0.4, -0.2) is 55.7 Å². The monoisotopic (exact) mass is 491 g/mol. The molecule has 5 rings (SSSR count). The fraction of sp³-hybridized carbons (Fsp3) is 0.200. The molecular formula is C25H21N3O4S2. The minimum absolute atomic E-state index is 0.0306. The molecule has 2 atom stereocenters. The number of hydrogen-bond acceptors (Lipinski definition) is 6. The van der Waals surface area contributed by atoms with E-state index in [1.54, 1.807) is 6.20 Å². The molecule has 2 aliphatic heterocycles. The fourth-order valence-electron chi connectivity index (χ4n) is 4.16. The number of rotatable bonds is 7. The SMILES string of the molecule is O=C(Cc1ccccc1)NC1C(=O)N2C(C(=O)O)=C(CSc3cccc4cccnc34)CSC12. The first-order valence-corrected chi connectivity index (χ1v) is 12.8. The van der Waals surface area contributed by atoms with Crippen LogP contribution >= 0.6 is 23.5 Å². The summed E-state index contributed by atoms with van der Waals surface area (Å²) in [6.07, 6.45) is 1.91. The summed E-state index contributed by atoms with van der Waals surface area (Å²) in [6.45, 7) is 0. The molecule has 2 aliphatic rings. The molecule has 2 amide bonds. The van der Waals surface area contributed by atoms with Crippen molar-refractivity contribution in [2.75, 3.05) is 11.5 Å². The standard InChI is InChI=1S/C25H21N3O4S2/c29-19(12-15-6-2-1-3-7-15)27-21-23(30)28-22(25(31)32)17(14-34-24(21)28)13-33-18-10-4-8-16-9-5-11-26-20(16)18/h1-11,21,24H,12-14H2,(H,27,29)(H,31,32). The summed E-state index contributed by atoms with van der Waals surface area (Å²) < 4.78 is 0. The van der Waals surface area contributed by atoms with E-state index in [4.69, 9.17) is 0 Å². The van der Waals surface area contributed by atoms with Crippen molar-refractivity contribution in [1.29, 1.82) is 0 Å². The number of para-hydroxylation sites is 1. The van der Waals surface area contributed by atoms with Crippen LogP contribution in [0.2, 0.25) is 0 Å². The molecule has 2 aromatic carbocycles. The molecular weight excluding hydrogens is 470 g/mol. The topological polar surface area (TPSA) is 99.6 Å². The Bertz CT molecular complexity index is 1310.